The molecule has 3 amide bonds. The van der Waals surface area contributed by atoms with Gasteiger partial charge in [-0.1, -0.05) is 17.3 Å². The van der Waals surface area contributed by atoms with Gasteiger partial charge in [0.15, 0.2) is 0 Å². The minimum Gasteiger partial charge on any atom is -0.497 e. The van der Waals surface area contributed by atoms with Crippen molar-refractivity contribution < 1.29 is 18.8 Å². The van der Waals surface area contributed by atoms with E-state index in [1.54, 1.807) is 33.1 Å². The van der Waals surface area contributed by atoms with Gasteiger partial charge in [0.05, 0.1) is 7.11 Å². The molecule has 1 fully saturated rings. The van der Waals surface area contributed by atoms with Gasteiger partial charge in [0, 0.05) is 5.56 Å². The van der Waals surface area contributed by atoms with Crippen LogP contribution in [0.3, 0.4) is 0 Å². The monoisotopic (exact) mass is 316 g/mol. The van der Waals surface area contributed by atoms with Crippen LogP contribution >= 0.6 is 0 Å². The number of hydrogen-bond acceptors (Lipinski definition) is 6. The lowest BCUT2D eigenvalue weighted by atomic mass is 10.1. The fourth-order valence-electron chi connectivity index (χ4n) is 2.30. The molecule has 0 radical (unpaired) electrons. The number of amides is 3. The van der Waals surface area contributed by atoms with Gasteiger partial charge in [-0.25, -0.2) is 4.79 Å². The fourth-order valence-corrected chi connectivity index (χ4v) is 2.30. The Kier molecular flexibility index (Phi) is 3.51. The number of urea groups is 1. The zero-order valence-corrected chi connectivity index (χ0v) is 13.0. The molecule has 0 aliphatic carbocycles. The third kappa shape index (κ3) is 2.75. The second-order valence-corrected chi connectivity index (χ2v) is 5.69. The average Bonchev–Trinajstić information content (AvgIpc) is 3.06. The highest BCUT2D eigenvalue weighted by molar-refractivity contribution is 6.06. The smallest absolute Gasteiger partial charge is 0.325 e. The molecule has 1 aliphatic rings. The minimum absolute atomic E-state index is 0.0644. The topological polar surface area (TPSA) is 97.6 Å². The summed E-state index contributed by atoms with van der Waals surface area (Å²) in [5.41, 5.74) is -0.205. The van der Waals surface area contributed by atoms with Crippen molar-refractivity contribution in [3.05, 3.63) is 30.2 Å². The highest BCUT2D eigenvalue weighted by Gasteiger charge is 2.44. The summed E-state index contributed by atoms with van der Waals surface area (Å²) >= 11 is 0. The summed E-state index contributed by atoms with van der Waals surface area (Å²) in [5.74, 6) is 0.891. The molecule has 2 heterocycles. The van der Waals surface area contributed by atoms with E-state index in [0.29, 0.717) is 11.6 Å². The number of ether oxygens (including phenoxy) is 1. The molecule has 2 aromatic rings. The lowest BCUT2D eigenvalue weighted by Crippen LogP contribution is -2.40. The molecule has 3 rings (SSSR count). The molecule has 0 unspecified atom stereocenters. The molecular weight excluding hydrogens is 300 g/mol. The molecule has 0 spiro atoms. The Balaban J connectivity index is 1.80. The number of carbonyl (C=O) groups is 2. The number of nitrogens with one attached hydrogen (secondary N) is 1. The van der Waals surface area contributed by atoms with Gasteiger partial charge in [0.2, 0.25) is 11.7 Å². The Hall–Kier alpha value is -2.90. The van der Waals surface area contributed by atoms with Gasteiger partial charge in [0.1, 0.15) is 17.8 Å². The fraction of sp³-hybridized carbons (Fsp3) is 0.333. The van der Waals surface area contributed by atoms with Crippen LogP contribution in [0.5, 0.6) is 5.75 Å². The van der Waals surface area contributed by atoms with Gasteiger partial charge in [-0.05, 0) is 26.0 Å². The van der Waals surface area contributed by atoms with Crippen molar-refractivity contribution in [2.24, 2.45) is 0 Å². The van der Waals surface area contributed by atoms with Crippen LogP contribution in [0.15, 0.2) is 28.8 Å². The Labute approximate surface area is 132 Å². The van der Waals surface area contributed by atoms with Crippen LogP contribution in [0, 0.1) is 0 Å². The quantitative estimate of drug-likeness (QED) is 0.860. The first kappa shape index (κ1) is 15.0. The first-order valence-corrected chi connectivity index (χ1v) is 7.02. The van der Waals surface area contributed by atoms with E-state index >= 15 is 0 Å². The summed E-state index contributed by atoms with van der Waals surface area (Å²) in [6, 6.07) is 6.73. The van der Waals surface area contributed by atoms with Crippen LogP contribution < -0.4 is 10.1 Å². The number of benzene rings is 1. The summed E-state index contributed by atoms with van der Waals surface area (Å²) in [4.78, 5) is 29.3. The van der Waals surface area contributed by atoms with E-state index in [1.165, 1.54) is 0 Å². The molecule has 23 heavy (non-hydrogen) atoms. The first-order chi connectivity index (χ1) is 10.9. The number of rotatable bonds is 4. The molecule has 0 atom stereocenters. The lowest BCUT2D eigenvalue weighted by Gasteiger charge is -2.14. The number of carbonyl (C=O) groups excluding carboxylic acids is 2. The van der Waals surface area contributed by atoms with E-state index < -0.39 is 11.6 Å². The molecule has 0 bridgehead atoms. The maximum absolute atomic E-state index is 12.1. The molecule has 1 aliphatic heterocycles. The van der Waals surface area contributed by atoms with E-state index in [1.807, 2.05) is 12.1 Å². The van der Waals surface area contributed by atoms with Crippen molar-refractivity contribution in [3.8, 4) is 17.1 Å². The number of hydrogen-bond donors (Lipinski definition) is 1. The Morgan fingerprint density at radius 2 is 2.13 bits per heavy atom. The standard InChI is InChI=1S/C15H16N4O4/c1-15(2)13(20)19(14(21)17-15)8-11-16-12(18-23-11)9-5-4-6-10(7-9)22-3/h4-7H,8H2,1-3H3,(H,17,21). The zero-order valence-electron chi connectivity index (χ0n) is 13.0. The SMILES string of the molecule is COc1cccc(-c2noc(CN3C(=O)NC(C)(C)C3=O)n2)c1. The number of aromatic nitrogens is 2. The van der Waals surface area contributed by atoms with E-state index in [4.69, 9.17) is 9.26 Å². The summed E-state index contributed by atoms with van der Waals surface area (Å²) < 4.78 is 10.3. The Bertz CT molecular complexity index is 768. The van der Waals surface area contributed by atoms with Gasteiger partial charge in [0.25, 0.3) is 5.91 Å². The molecular formula is C15H16N4O4. The Morgan fingerprint density at radius 3 is 2.78 bits per heavy atom. The van der Waals surface area contributed by atoms with Crippen molar-refractivity contribution in [1.29, 1.82) is 0 Å². The summed E-state index contributed by atoms with van der Waals surface area (Å²) in [5, 5.41) is 6.48. The predicted molar refractivity (Wildman–Crippen MR) is 79.4 cm³/mol. The highest BCUT2D eigenvalue weighted by Crippen LogP contribution is 2.23. The average molecular weight is 316 g/mol. The van der Waals surface area contributed by atoms with Crippen LogP contribution in [0.4, 0.5) is 4.79 Å². The van der Waals surface area contributed by atoms with Crippen LogP contribution in [0.2, 0.25) is 0 Å². The normalized spacial score (nSPS) is 16.6. The van der Waals surface area contributed by atoms with Crippen molar-refractivity contribution in [1.82, 2.24) is 20.4 Å². The Morgan fingerprint density at radius 1 is 1.35 bits per heavy atom. The first-order valence-electron chi connectivity index (χ1n) is 7.02. The second-order valence-electron chi connectivity index (χ2n) is 5.69. The van der Waals surface area contributed by atoms with Crippen LogP contribution in [0.1, 0.15) is 19.7 Å². The number of nitrogens with zero attached hydrogens (tertiary/aromatic N) is 3. The van der Waals surface area contributed by atoms with Crippen molar-refractivity contribution in [3.63, 3.8) is 0 Å². The number of methoxy groups -OCH3 is 1. The maximum Gasteiger partial charge on any atom is 0.325 e. The summed E-state index contributed by atoms with van der Waals surface area (Å²) in [7, 11) is 1.57. The molecule has 120 valence electrons. The minimum atomic E-state index is -0.924. The second kappa shape index (κ2) is 5.38. The van der Waals surface area contributed by atoms with Crippen molar-refractivity contribution in [2.45, 2.75) is 25.9 Å². The zero-order chi connectivity index (χ0) is 16.6. The third-order valence-corrected chi connectivity index (χ3v) is 3.53. The van der Waals surface area contributed by atoms with Gasteiger partial charge >= 0.3 is 6.03 Å². The summed E-state index contributed by atoms with van der Waals surface area (Å²) in [6.45, 7) is 3.22. The van der Waals surface area contributed by atoms with Gasteiger partial charge < -0.3 is 14.6 Å². The van der Waals surface area contributed by atoms with Crippen molar-refractivity contribution in [2.75, 3.05) is 7.11 Å². The van der Waals surface area contributed by atoms with Crippen LogP contribution in [0.25, 0.3) is 11.4 Å². The van der Waals surface area contributed by atoms with Gasteiger partial charge in [-0.15, -0.1) is 0 Å². The van der Waals surface area contributed by atoms with E-state index in [9.17, 15) is 9.59 Å². The van der Waals surface area contributed by atoms with Gasteiger partial charge in [-0.3, -0.25) is 9.69 Å². The lowest BCUT2D eigenvalue weighted by molar-refractivity contribution is -0.130. The van der Waals surface area contributed by atoms with Crippen LogP contribution in [-0.4, -0.2) is 39.6 Å². The summed E-state index contributed by atoms with van der Waals surface area (Å²) in [6.07, 6.45) is 0. The molecule has 1 aromatic carbocycles. The third-order valence-electron chi connectivity index (χ3n) is 3.53. The molecule has 1 saturated heterocycles. The molecule has 0 saturated carbocycles. The van der Waals surface area contributed by atoms with E-state index in [2.05, 4.69) is 15.5 Å². The molecule has 8 heteroatoms. The van der Waals surface area contributed by atoms with Gasteiger partial charge in [-0.2, -0.15) is 4.98 Å². The number of imide groups is 1. The maximum atomic E-state index is 12.1. The molecule has 1 aromatic heterocycles. The predicted octanol–water partition coefficient (Wildman–Crippen LogP) is 1.58. The van der Waals surface area contributed by atoms with E-state index in [-0.39, 0.29) is 18.3 Å². The van der Waals surface area contributed by atoms with Crippen LogP contribution in [-0.2, 0) is 11.3 Å². The van der Waals surface area contributed by atoms with Crippen molar-refractivity contribution >= 4 is 11.9 Å². The molecule has 1 N–H and O–H groups in total. The molecule has 8 nitrogen and oxygen atoms in total. The highest BCUT2D eigenvalue weighted by atomic mass is 16.5. The largest absolute Gasteiger partial charge is 0.497 e. The van der Waals surface area contributed by atoms with E-state index in [0.717, 1.165) is 10.5 Å².